The number of amidine groups is 2. The molecule has 1 saturated heterocycles. The highest BCUT2D eigenvalue weighted by Gasteiger charge is 2.20. The molecule has 8 N–H and O–H groups in total. The van der Waals surface area contributed by atoms with Gasteiger partial charge in [-0.3, -0.25) is 24.6 Å². The van der Waals surface area contributed by atoms with Crippen molar-refractivity contribution in [2.45, 2.75) is 0 Å². The molecule has 4 amide bonds. The zero-order chi connectivity index (χ0) is 45.8. The maximum absolute atomic E-state index is 12.9. The van der Waals surface area contributed by atoms with Gasteiger partial charge in [-0.2, -0.15) is 0 Å². The van der Waals surface area contributed by atoms with Crippen molar-refractivity contribution in [2.24, 2.45) is 10.9 Å². The van der Waals surface area contributed by atoms with Crippen molar-refractivity contribution in [3.8, 4) is 0 Å². The average Bonchev–Trinajstić information content (AvgIpc) is 3.31. The summed E-state index contributed by atoms with van der Waals surface area (Å²) in [5.41, 5.74) is 8.38. The van der Waals surface area contributed by atoms with Gasteiger partial charge in [0.05, 0.1) is 35.7 Å². The number of morpholine rings is 1. The number of carbonyl (C=O) groups is 4. The van der Waals surface area contributed by atoms with Gasteiger partial charge in [0.15, 0.2) is 5.84 Å². The number of hydrogen-bond donors (Lipinski definition) is 7. The first-order valence-corrected chi connectivity index (χ1v) is 21.3. The van der Waals surface area contributed by atoms with E-state index in [2.05, 4.69) is 68.3 Å². The van der Waals surface area contributed by atoms with Crippen LogP contribution in [0.3, 0.4) is 0 Å². The summed E-state index contributed by atoms with van der Waals surface area (Å²) in [5.74, 6) is -0.731. The van der Waals surface area contributed by atoms with Gasteiger partial charge in [0.2, 0.25) is 0 Å². The van der Waals surface area contributed by atoms with Crippen molar-refractivity contribution in [2.75, 3.05) is 47.6 Å². The Morgan fingerprint density at radius 2 is 1.05 bits per heavy atom. The molecule has 2 aromatic heterocycles. The number of nitrogens with one attached hydrogen (secondary N) is 5. The van der Waals surface area contributed by atoms with E-state index < -0.39 is 17.7 Å². The summed E-state index contributed by atoms with van der Waals surface area (Å²) in [5, 5.41) is 31.5. The van der Waals surface area contributed by atoms with Crippen LogP contribution in [0.5, 0.6) is 0 Å². The van der Waals surface area contributed by atoms with Crippen LogP contribution in [0.25, 0.3) is 0 Å². The summed E-state index contributed by atoms with van der Waals surface area (Å²) in [6.45, 7) is 2.52. The minimum absolute atomic E-state index is 0.0693. The number of rotatable bonds is 10. The molecule has 16 nitrogen and oxygen atoms in total. The molecule has 0 saturated carbocycles. The number of ether oxygens (including phenoxy) is 1. The summed E-state index contributed by atoms with van der Waals surface area (Å²) in [6.07, 6.45) is 3.12. The topological polar surface area (TPSA) is 237 Å². The molecule has 0 unspecified atom stereocenters. The molecule has 0 bridgehead atoms. The van der Waals surface area contributed by atoms with E-state index in [4.69, 9.17) is 44.3 Å². The normalized spacial score (nSPS) is 12.2. The Morgan fingerprint density at radius 1 is 0.625 bits per heavy atom. The van der Waals surface area contributed by atoms with Gasteiger partial charge in [-0.25, -0.2) is 9.97 Å². The van der Waals surface area contributed by atoms with E-state index in [1.165, 1.54) is 30.3 Å². The maximum Gasteiger partial charge on any atom is 0.258 e. The van der Waals surface area contributed by atoms with Crippen LogP contribution in [-0.4, -0.2) is 81.7 Å². The average molecular weight is 1030 g/mol. The van der Waals surface area contributed by atoms with Gasteiger partial charge in [-0.15, -0.1) is 0 Å². The van der Waals surface area contributed by atoms with Crippen LogP contribution in [0.15, 0.2) is 136 Å². The van der Waals surface area contributed by atoms with Gasteiger partial charge in [-0.1, -0.05) is 52.6 Å². The van der Waals surface area contributed by atoms with Gasteiger partial charge >= 0.3 is 0 Å². The smallest absolute Gasteiger partial charge is 0.258 e. The number of carbonyl (C=O) groups excluding carboxylic acids is 4. The van der Waals surface area contributed by atoms with E-state index in [-0.39, 0.29) is 28.6 Å². The van der Waals surface area contributed by atoms with Crippen LogP contribution < -0.4 is 27.0 Å². The van der Waals surface area contributed by atoms with Crippen LogP contribution >= 0.6 is 55.1 Å². The Hall–Kier alpha value is -6.70. The minimum atomic E-state index is -0.482. The highest BCUT2D eigenvalue weighted by molar-refractivity contribution is 9.10. The maximum atomic E-state index is 12.9. The van der Waals surface area contributed by atoms with E-state index in [1.807, 2.05) is 4.90 Å². The van der Waals surface area contributed by atoms with Crippen molar-refractivity contribution >= 4 is 113 Å². The fourth-order valence-corrected chi connectivity index (χ4v) is 6.69. The number of nitrogens with zero attached hydrogens (tertiary/aromatic N) is 4. The monoisotopic (exact) mass is 1030 g/mol. The summed E-state index contributed by atoms with van der Waals surface area (Å²) < 4.78 is 6.89. The van der Waals surface area contributed by atoms with E-state index in [0.29, 0.717) is 81.8 Å². The molecule has 0 spiro atoms. The Bertz CT molecular complexity index is 2700. The number of pyridine rings is 2. The Morgan fingerprint density at radius 3 is 1.45 bits per heavy atom. The number of halogens is 4. The van der Waals surface area contributed by atoms with Gasteiger partial charge in [0.1, 0.15) is 17.5 Å². The SMILES string of the molecule is N=C(c1ccc(C(=O)Nc2ccc(Cl)cc2C(=O)Nc2ccc(Br)cn2)cc1)N1CCOCC1.NC(=NO)c1ccc(C(=O)Nc2ccc(Cl)cc2C(=O)Nc2ccc(Br)cn2)cc1. The van der Waals surface area contributed by atoms with Crippen LogP contribution in [-0.2, 0) is 4.74 Å². The standard InChI is InChI=1S/C24H21BrClN5O3.C20H15BrClN5O3/c25-17-5-8-21(28-14-17)30-24(33)19-13-18(26)6-7-20(19)29-23(32)16-3-1-15(2-4-16)22(27)31-9-11-34-12-10-31;21-13-5-8-17(24-10-13)26-20(29)15-9-14(22)6-7-16(15)25-19(28)12-3-1-11(2-4-12)18(23)27-30/h1-8,13-14,27H,9-12H2,(H,29,32)(H,28,30,33);1-10,30H,(H2,23,27)(H,25,28)(H,24,26,29). The third-order valence-corrected chi connectivity index (χ3v) is 10.6. The predicted molar refractivity (Wildman–Crippen MR) is 253 cm³/mol. The van der Waals surface area contributed by atoms with Crippen LogP contribution in [0.2, 0.25) is 10.0 Å². The number of amides is 4. The molecule has 0 atom stereocenters. The molecule has 326 valence electrons. The first kappa shape index (κ1) is 46.8. The molecule has 1 fully saturated rings. The number of anilines is 4. The molecular weight excluding hydrogens is 995 g/mol. The third-order valence-electron chi connectivity index (χ3n) is 9.19. The lowest BCUT2D eigenvalue weighted by molar-refractivity contribution is 0.0680. The van der Waals surface area contributed by atoms with Crippen molar-refractivity contribution in [3.05, 3.63) is 174 Å². The third kappa shape index (κ3) is 12.7. The Balaban J connectivity index is 0.000000214. The summed E-state index contributed by atoms with van der Waals surface area (Å²) in [7, 11) is 0. The highest BCUT2D eigenvalue weighted by atomic mass is 79.9. The van der Waals surface area contributed by atoms with Gasteiger partial charge < -0.3 is 41.8 Å². The molecule has 1 aliphatic heterocycles. The van der Waals surface area contributed by atoms with E-state index in [9.17, 15) is 19.2 Å². The van der Waals surface area contributed by atoms with Crippen molar-refractivity contribution in [3.63, 3.8) is 0 Å². The summed E-state index contributed by atoms with van der Waals surface area (Å²) in [6, 6.07) is 28.9. The Labute approximate surface area is 393 Å². The van der Waals surface area contributed by atoms with Gasteiger partial charge in [0.25, 0.3) is 23.6 Å². The van der Waals surface area contributed by atoms with Crippen LogP contribution in [0, 0.1) is 5.41 Å². The second kappa shape index (κ2) is 22.1. The number of oxime groups is 1. The molecule has 0 radical (unpaired) electrons. The Kier molecular flexibility index (Phi) is 16.1. The second-order valence-corrected chi connectivity index (χ2v) is 16.2. The zero-order valence-electron chi connectivity index (χ0n) is 33.2. The molecule has 64 heavy (non-hydrogen) atoms. The molecule has 6 aromatic rings. The summed E-state index contributed by atoms with van der Waals surface area (Å²) in [4.78, 5) is 61.2. The van der Waals surface area contributed by atoms with E-state index in [0.717, 1.165) is 8.95 Å². The van der Waals surface area contributed by atoms with Crippen molar-refractivity contribution in [1.82, 2.24) is 14.9 Å². The fourth-order valence-electron chi connectivity index (χ4n) is 5.88. The largest absolute Gasteiger partial charge is 0.409 e. The number of benzene rings is 4. The van der Waals surface area contributed by atoms with Gasteiger partial charge in [-0.05, 0) is 117 Å². The molecule has 1 aliphatic rings. The lowest BCUT2D eigenvalue weighted by Crippen LogP contribution is -2.40. The van der Waals surface area contributed by atoms with Crippen LogP contribution in [0.1, 0.15) is 52.6 Å². The molecule has 20 heteroatoms. The quantitative estimate of drug-likeness (QED) is 0.0298. The second-order valence-electron chi connectivity index (χ2n) is 13.5. The first-order chi connectivity index (χ1) is 30.8. The molecule has 0 aliphatic carbocycles. The number of hydrogen-bond acceptors (Lipinski definition) is 10. The van der Waals surface area contributed by atoms with Crippen molar-refractivity contribution in [1.29, 1.82) is 5.41 Å². The molecule has 7 rings (SSSR count). The number of nitrogens with two attached hydrogens (primary N) is 1. The van der Waals surface area contributed by atoms with E-state index in [1.54, 1.807) is 91.3 Å². The van der Waals surface area contributed by atoms with Crippen molar-refractivity contribution < 1.29 is 29.1 Å². The van der Waals surface area contributed by atoms with E-state index >= 15 is 0 Å². The molecule has 3 heterocycles. The lowest BCUT2D eigenvalue weighted by Gasteiger charge is -2.29. The molecule has 4 aromatic carbocycles. The lowest BCUT2D eigenvalue weighted by atomic mass is 10.1. The highest BCUT2D eigenvalue weighted by Crippen LogP contribution is 2.25. The summed E-state index contributed by atoms with van der Waals surface area (Å²) >= 11 is 18.7. The number of aromatic nitrogens is 2. The molecular formula is C44H36Br2Cl2N10O6. The first-order valence-electron chi connectivity index (χ1n) is 18.9. The zero-order valence-corrected chi connectivity index (χ0v) is 37.9. The predicted octanol–water partition coefficient (Wildman–Crippen LogP) is 8.76. The fraction of sp³-hybridized carbons (Fsp3) is 0.0909. The van der Waals surface area contributed by atoms with Gasteiger partial charge in [0, 0.05) is 66.7 Å². The minimum Gasteiger partial charge on any atom is -0.409 e. The van der Waals surface area contributed by atoms with Crippen LogP contribution in [0.4, 0.5) is 23.0 Å².